The van der Waals surface area contributed by atoms with Crippen LogP contribution in [0, 0.1) is 0 Å². The van der Waals surface area contributed by atoms with Crippen LogP contribution in [0.15, 0.2) is 6.33 Å². The van der Waals surface area contributed by atoms with E-state index < -0.39 is 0 Å². The summed E-state index contributed by atoms with van der Waals surface area (Å²) in [6.07, 6.45) is 1.79. The van der Waals surface area contributed by atoms with E-state index in [0.29, 0.717) is 0 Å². The van der Waals surface area contributed by atoms with Gasteiger partial charge in [-0.25, -0.2) is 4.98 Å². The lowest BCUT2D eigenvalue weighted by Crippen LogP contribution is -2.17. The van der Waals surface area contributed by atoms with Crippen molar-refractivity contribution in [2.75, 3.05) is 13.6 Å². The predicted octanol–water partition coefficient (Wildman–Crippen LogP) is 0.795. The zero-order valence-corrected chi connectivity index (χ0v) is 8.83. The van der Waals surface area contributed by atoms with Gasteiger partial charge in [-0.2, -0.15) is 5.10 Å². The lowest BCUT2D eigenvalue weighted by Gasteiger charge is -2.12. The van der Waals surface area contributed by atoms with Crippen molar-refractivity contribution in [1.82, 2.24) is 20.1 Å². The summed E-state index contributed by atoms with van der Waals surface area (Å²) in [6, 6.07) is 0. The molecule has 1 aromatic rings. The molecule has 0 fully saturated rings. The van der Waals surface area contributed by atoms with Gasteiger partial charge >= 0.3 is 0 Å². The van der Waals surface area contributed by atoms with Crippen LogP contribution < -0.4 is 5.32 Å². The molecule has 0 aliphatic carbocycles. The first-order valence-electron chi connectivity index (χ1n) is 4.58. The van der Waals surface area contributed by atoms with Crippen LogP contribution in [0.2, 0.25) is 0 Å². The van der Waals surface area contributed by atoms with E-state index in [2.05, 4.69) is 36.2 Å². The van der Waals surface area contributed by atoms with Crippen molar-refractivity contribution in [3.8, 4) is 0 Å². The molecule has 0 aliphatic heterocycles. The monoisotopic (exact) mass is 182 g/mol. The second-order valence-corrected chi connectivity index (χ2v) is 4.18. The molecule has 1 aromatic heterocycles. The van der Waals surface area contributed by atoms with Gasteiger partial charge in [0.25, 0.3) is 0 Å². The van der Waals surface area contributed by atoms with Gasteiger partial charge < -0.3 is 5.32 Å². The Morgan fingerprint density at radius 1 is 1.46 bits per heavy atom. The van der Waals surface area contributed by atoms with E-state index in [1.165, 1.54) is 0 Å². The normalized spacial score (nSPS) is 12.0. The third-order valence-corrected chi connectivity index (χ3v) is 1.80. The molecule has 0 bridgehead atoms. The van der Waals surface area contributed by atoms with Crippen molar-refractivity contribution in [2.24, 2.45) is 0 Å². The van der Waals surface area contributed by atoms with Gasteiger partial charge in [-0.05, 0) is 7.05 Å². The van der Waals surface area contributed by atoms with Crippen LogP contribution in [0.4, 0.5) is 0 Å². The molecule has 0 unspecified atom stereocenters. The number of likely N-dealkylation sites (N-methyl/N-ethyl adjacent to an activating group) is 1. The van der Waals surface area contributed by atoms with Crippen LogP contribution >= 0.6 is 0 Å². The minimum atomic E-state index is 0.0465. The van der Waals surface area contributed by atoms with Crippen molar-refractivity contribution in [3.05, 3.63) is 12.2 Å². The van der Waals surface area contributed by atoms with E-state index in [1.54, 1.807) is 6.33 Å². The van der Waals surface area contributed by atoms with Gasteiger partial charge in [-0.3, -0.25) is 4.68 Å². The fraction of sp³-hybridized carbons (Fsp3) is 0.778. The Balaban J connectivity index is 2.64. The van der Waals surface area contributed by atoms with Crippen LogP contribution in [-0.4, -0.2) is 28.4 Å². The molecule has 0 atom stereocenters. The number of aromatic nitrogens is 3. The Bertz CT molecular complexity index is 259. The highest BCUT2D eigenvalue weighted by atomic mass is 15.3. The maximum Gasteiger partial charge on any atom is 0.155 e. The fourth-order valence-corrected chi connectivity index (χ4v) is 0.972. The third kappa shape index (κ3) is 2.81. The summed E-state index contributed by atoms with van der Waals surface area (Å²) in [4.78, 5) is 4.26. The van der Waals surface area contributed by atoms with Crippen LogP contribution in [-0.2, 0) is 12.0 Å². The molecular weight excluding hydrogens is 164 g/mol. The van der Waals surface area contributed by atoms with E-state index in [0.717, 1.165) is 18.9 Å². The number of nitrogens with one attached hydrogen (secondary N) is 1. The maximum atomic E-state index is 4.38. The average molecular weight is 182 g/mol. The van der Waals surface area contributed by atoms with Crippen molar-refractivity contribution in [2.45, 2.75) is 32.7 Å². The molecule has 1 heterocycles. The zero-order valence-electron chi connectivity index (χ0n) is 8.83. The Morgan fingerprint density at radius 3 is 2.62 bits per heavy atom. The number of hydrogen-bond acceptors (Lipinski definition) is 3. The van der Waals surface area contributed by atoms with E-state index in [4.69, 9.17) is 0 Å². The second-order valence-electron chi connectivity index (χ2n) is 4.18. The fourth-order valence-electron chi connectivity index (χ4n) is 0.972. The first kappa shape index (κ1) is 10.2. The van der Waals surface area contributed by atoms with E-state index in [9.17, 15) is 0 Å². The van der Waals surface area contributed by atoms with Crippen LogP contribution in [0.5, 0.6) is 0 Å². The highest BCUT2D eigenvalue weighted by Crippen LogP contribution is 2.16. The molecule has 0 amide bonds. The van der Waals surface area contributed by atoms with Gasteiger partial charge in [0.1, 0.15) is 6.33 Å². The van der Waals surface area contributed by atoms with Gasteiger partial charge in [0.15, 0.2) is 5.82 Å². The Hall–Kier alpha value is -0.900. The van der Waals surface area contributed by atoms with Gasteiger partial charge in [0.2, 0.25) is 0 Å². The topological polar surface area (TPSA) is 42.7 Å². The first-order chi connectivity index (χ1) is 6.04. The van der Waals surface area contributed by atoms with Gasteiger partial charge in [0.05, 0.1) is 6.54 Å². The molecule has 0 saturated carbocycles. The summed E-state index contributed by atoms with van der Waals surface area (Å²) in [5.74, 6) is 0.906. The van der Waals surface area contributed by atoms with Crippen molar-refractivity contribution >= 4 is 0 Å². The zero-order chi connectivity index (χ0) is 9.90. The van der Waals surface area contributed by atoms with Gasteiger partial charge in [-0.1, -0.05) is 20.8 Å². The minimum absolute atomic E-state index is 0.0465. The number of hydrogen-bond donors (Lipinski definition) is 1. The molecule has 0 spiro atoms. The molecule has 0 radical (unpaired) electrons. The smallest absolute Gasteiger partial charge is 0.155 e. The minimum Gasteiger partial charge on any atom is -0.318 e. The summed E-state index contributed by atoms with van der Waals surface area (Å²) in [6.45, 7) is 8.15. The highest BCUT2D eigenvalue weighted by molar-refractivity contribution is 4.98. The predicted molar refractivity (Wildman–Crippen MR) is 52.6 cm³/mol. The van der Waals surface area contributed by atoms with Crippen molar-refractivity contribution in [1.29, 1.82) is 0 Å². The summed E-state index contributed by atoms with van der Waals surface area (Å²) in [5.41, 5.74) is 0.0465. The SMILES string of the molecule is CNCCn1cnc(C(C)(C)C)n1. The third-order valence-electron chi connectivity index (χ3n) is 1.80. The molecule has 74 valence electrons. The van der Waals surface area contributed by atoms with Crippen LogP contribution in [0.1, 0.15) is 26.6 Å². The Kier molecular flexibility index (Phi) is 3.03. The second kappa shape index (κ2) is 3.87. The first-order valence-corrected chi connectivity index (χ1v) is 4.58. The quantitative estimate of drug-likeness (QED) is 0.751. The molecule has 4 nitrogen and oxygen atoms in total. The average Bonchev–Trinajstić information content (AvgIpc) is 2.47. The molecule has 0 aliphatic rings. The number of nitrogens with zero attached hydrogens (tertiary/aromatic N) is 3. The van der Waals surface area contributed by atoms with Crippen LogP contribution in [0.25, 0.3) is 0 Å². The molecule has 13 heavy (non-hydrogen) atoms. The van der Waals surface area contributed by atoms with Gasteiger partial charge in [0, 0.05) is 12.0 Å². The number of rotatable bonds is 3. The summed E-state index contributed by atoms with van der Waals surface area (Å²) >= 11 is 0. The largest absolute Gasteiger partial charge is 0.318 e. The molecule has 1 N–H and O–H groups in total. The lowest BCUT2D eigenvalue weighted by atomic mass is 9.96. The summed E-state index contributed by atoms with van der Waals surface area (Å²) in [7, 11) is 1.93. The molecular formula is C9H18N4. The Morgan fingerprint density at radius 2 is 2.15 bits per heavy atom. The Labute approximate surface area is 79.4 Å². The van der Waals surface area contributed by atoms with Crippen molar-refractivity contribution < 1.29 is 0 Å². The van der Waals surface area contributed by atoms with Crippen LogP contribution in [0.3, 0.4) is 0 Å². The molecule has 1 rings (SSSR count). The maximum absolute atomic E-state index is 4.38. The highest BCUT2D eigenvalue weighted by Gasteiger charge is 2.18. The van der Waals surface area contributed by atoms with E-state index in [1.807, 2.05) is 11.7 Å². The molecule has 4 heteroatoms. The van der Waals surface area contributed by atoms with Crippen molar-refractivity contribution in [3.63, 3.8) is 0 Å². The summed E-state index contributed by atoms with van der Waals surface area (Å²) in [5, 5.41) is 7.46. The standard InChI is InChI=1S/C9H18N4/c1-9(2,3)8-11-7-13(12-8)6-5-10-4/h7,10H,5-6H2,1-4H3. The van der Waals surface area contributed by atoms with E-state index in [-0.39, 0.29) is 5.41 Å². The summed E-state index contributed by atoms with van der Waals surface area (Å²) < 4.78 is 1.87. The van der Waals surface area contributed by atoms with Gasteiger partial charge in [-0.15, -0.1) is 0 Å². The van der Waals surface area contributed by atoms with E-state index >= 15 is 0 Å². The lowest BCUT2D eigenvalue weighted by molar-refractivity contribution is 0.518. The molecule has 0 saturated heterocycles. The molecule has 0 aromatic carbocycles.